The Morgan fingerprint density at radius 3 is 2.71 bits per heavy atom. The van der Waals surface area contributed by atoms with Gasteiger partial charge in [-0.25, -0.2) is 4.79 Å². The molecule has 1 N–H and O–H groups in total. The monoisotopic (exact) mass is 285 g/mol. The highest BCUT2D eigenvalue weighted by Crippen LogP contribution is 2.18. The van der Waals surface area contributed by atoms with Gasteiger partial charge in [-0.1, -0.05) is 18.2 Å². The number of ketones is 1. The number of aromatic amines is 1. The first-order valence-electron chi connectivity index (χ1n) is 6.35. The van der Waals surface area contributed by atoms with Crippen LogP contribution in [0.1, 0.15) is 16.1 Å². The van der Waals surface area contributed by atoms with Gasteiger partial charge in [-0.2, -0.15) is 0 Å². The molecule has 108 valence electrons. The summed E-state index contributed by atoms with van der Waals surface area (Å²) < 4.78 is 10.0. The average molecular weight is 285 g/mol. The van der Waals surface area contributed by atoms with E-state index in [4.69, 9.17) is 9.47 Å². The molecule has 0 unspecified atom stereocenters. The van der Waals surface area contributed by atoms with Crippen LogP contribution >= 0.6 is 0 Å². The predicted molar refractivity (Wildman–Crippen MR) is 78.1 cm³/mol. The molecule has 0 bridgehead atoms. The number of para-hydroxylation sites is 1. The molecule has 0 saturated carbocycles. The quantitative estimate of drug-likeness (QED) is 0.503. The third-order valence-corrected chi connectivity index (χ3v) is 2.78. The van der Waals surface area contributed by atoms with Crippen molar-refractivity contribution < 1.29 is 19.1 Å². The first-order valence-corrected chi connectivity index (χ1v) is 6.35. The maximum atomic E-state index is 11.6. The van der Waals surface area contributed by atoms with E-state index in [9.17, 15) is 9.59 Å². The number of carbonyl (C=O) groups excluding carboxylic acids is 2. The molecule has 0 amide bonds. The zero-order valence-corrected chi connectivity index (χ0v) is 11.5. The third kappa shape index (κ3) is 4.07. The molecule has 2 rings (SSSR count). The summed E-state index contributed by atoms with van der Waals surface area (Å²) in [5.41, 5.74) is 1.17. The number of nitrogens with one attached hydrogen (secondary N) is 1. The second-order valence-corrected chi connectivity index (χ2v) is 4.19. The Morgan fingerprint density at radius 2 is 2.00 bits per heavy atom. The Balaban J connectivity index is 1.90. The molecule has 0 atom stereocenters. The summed E-state index contributed by atoms with van der Waals surface area (Å²) in [6.07, 6.45) is 4.48. The standard InChI is InChI=1S/C16H15NO4/c1-20-15-7-3-2-5-12(15)8-9-16(19)21-11-14(18)13-6-4-10-17-13/h2-10,17H,11H2,1H3. The molecule has 5 nitrogen and oxygen atoms in total. The van der Waals surface area contributed by atoms with E-state index in [-0.39, 0.29) is 12.4 Å². The minimum atomic E-state index is -0.583. The van der Waals surface area contributed by atoms with Crippen molar-refractivity contribution in [1.82, 2.24) is 4.98 Å². The first-order chi connectivity index (χ1) is 10.2. The molecule has 0 aliphatic rings. The highest BCUT2D eigenvalue weighted by atomic mass is 16.5. The fraction of sp³-hybridized carbons (Fsp3) is 0.125. The maximum Gasteiger partial charge on any atom is 0.331 e. The first kappa shape index (κ1) is 14.6. The largest absolute Gasteiger partial charge is 0.496 e. The Bertz CT molecular complexity index is 644. The molecule has 2 aromatic rings. The van der Waals surface area contributed by atoms with Crippen molar-refractivity contribution in [2.24, 2.45) is 0 Å². The molecule has 1 heterocycles. The number of Topliss-reactive ketones (excluding diaryl/α,β-unsaturated/α-hetero) is 1. The van der Waals surface area contributed by atoms with E-state index in [1.807, 2.05) is 18.2 Å². The van der Waals surface area contributed by atoms with E-state index >= 15 is 0 Å². The van der Waals surface area contributed by atoms with Gasteiger partial charge in [0, 0.05) is 17.8 Å². The number of hydrogen-bond acceptors (Lipinski definition) is 4. The van der Waals surface area contributed by atoms with E-state index < -0.39 is 5.97 Å². The van der Waals surface area contributed by atoms with Crippen LogP contribution in [0.3, 0.4) is 0 Å². The molecule has 21 heavy (non-hydrogen) atoms. The Hall–Kier alpha value is -2.82. The van der Waals surface area contributed by atoms with E-state index in [1.54, 1.807) is 37.6 Å². The molecule has 1 aromatic heterocycles. The lowest BCUT2D eigenvalue weighted by Gasteiger charge is -2.03. The smallest absolute Gasteiger partial charge is 0.331 e. The fourth-order valence-corrected chi connectivity index (χ4v) is 1.73. The molecule has 0 radical (unpaired) electrons. The number of H-pyrrole nitrogens is 1. The fourth-order valence-electron chi connectivity index (χ4n) is 1.73. The molecule has 5 heteroatoms. The summed E-state index contributed by atoms with van der Waals surface area (Å²) in [7, 11) is 1.56. The van der Waals surface area contributed by atoms with E-state index in [0.717, 1.165) is 5.56 Å². The van der Waals surface area contributed by atoms with Crippen LogP contribution in [0.4, 0.5) is 0 Å². The van der Waals surface area contributed by atoms with Crippen LogP contribution in [0, 0.1) is 0 Å². The summed E-state index contributed by atoms with van der Waals surface area (Å²) in [6, 6.07) is 10.6. The number of benzene rings is 1. The molecule has 0 saturated heterocycles. The van der Waals surface area contributed by atoms with Crippen LogP contribution in [-0.4, -0.2) is 30.5 Å². The van der Waals surface area contributed by atoms with Crippen molar-refractivity contribution in [3.8, 4) is 5.75 Å². The van der Waals surface area contributed by atoms with E-state index in [2.05, 4.69) is 4.98 Å². The number of methoxy groups -OCH3 is 1. The highest BCUT2D eigenvalue weighted by Gasteiger charge is 2.08. The number of carbonyl (C=O) groups is 2. The van der Waals surface area contributed by atoms with Crippen LogP contribution in [0.15, 0.2) is 48.7 Å². The average Bonchev–Trinajstić information content (AvgIpc) is 3.05. The van der Waals surface area contributed by atoms with Crippen molar-refractivity contribution in [1.29, 1.82) is 0 Å². The van der Waals surface area contributed by atoms with Crippen LogP contribution in [0.2, 0.25) is 0 Å². The lowest BCUT2D eigenvalue weighted by atomic mass is 10.2. The second kappa shape index (κ2) is 7.09. The van der Waals surface area contributed by atoms with Crippen molar-refractivity contribution >= 4 is 17.8 Å². The van der Waals surface area contributed by atoms with Gasteiger partial charge in [0.15, 0.2) is 6.61 Å². The predicted octanol–water partition coefficient (Wildman–Crippen LogP) is 2.46. The Morgan fingerprint density at radius 1 is 1.19 bits per heavy atom. The lowest BCUT2D eigenvalue weighted by molar-refractivity contribution is -0.136. The zero-order valence-electron chi connectivity index (χ0n) is 11.5. The number of esters is 1. The summed E-state index contributed by atoms with van der Waals surface area (Å²) in [5, 5.41) is 0. The Kier molecular flexibility index (Phi) is 4.93. The molecule has 0 spiro atoms. The van der Waals surface area contributed by atoms with Gasteiger partial charge in [-0.05, 0) is 24.3 Å². The van der Waals surface area contributed by atoms with Gasteiger partial charge in [-0.3, -0.25) is 4.79 Å². The lowest BCUT2D eigenvalue weighted by Crippen LogP contribution is -2.12. The SMILES string of the molecule is COc1ccccc1C=CC(=O)OCC(=O)c1ccc[nH]1. The van der Waals surface area contributed by atoms with Gasteiger partial charge in [0.05, 0.1) is 12.8 Å². The Labute approximate surface area is 122 Å². The van der Waals surface area contributed by atoms with Gasteiger partial charge >= 0.3 is 5.97 Å². The summed E-state index contributed by atoms with van der Waals surface area (Å²) in [4.78, 5) is 26.0. The number of rotatable bonds is 6. The topological polar surface area (TPSA) is 68.4 Å². The molecule has 0 fully saturated rings. The van der Waals surface area contributed by atoms with E-state index in [1.165, 1.54) is 6.08 Å². The normalized spacial score (nSPS) is 10.5. The van der Waals surface area contributed by atoms with Gasteiger partial charge in [0.1, 0.15) is 5.75 Å². The number of ether oxygens (including phenoxy) is 2. The van der Waals surface area contributed by atoms with Crippen LogP contribution in [0.25, 0.3) is 6.08 Å². The minimum Gasteiger partial charge on any atom is -0.496 e. The summed E-state index contributed by atoms with van der Waals surface area (Å²) in [6.45, 7) is -0.296. The van der Waals surface area contributed by atoms with E-state index in [0.29, 0.717) is 11.4 Å². The highest BCUT2D eigenvalue weighted by molar-refractivity contribution is 5.97. The molecular formula is C16H15NO4. The number of hydrogen-bond donors (Lipinski definition) is 1. The molecule has 0 aliphatic heterocycles. The third-order valence-electron chi connectivity index (χ3n) is 2.78. The summed E-state index contributed by atoms with van der Waals surface area (Å²) in [5.74, 6) is -0.205. The minimum absolute atomic E-state index is 0.279. The van der Waals surface area contributed by atoms with Crippen molar-refractivity contribution in [3.63, 3.8) is 0 Å². The molecular weight excluding hydrogens is 270 g/mol. The molecule has 1 aromatic carbocycles. The van der Waals surface area contributed by atoms with Crippen molar-refractivity contribution in [2.75, 3.05) is 13.7 Å². The summed E-state index contributed by atoms with van der Waals surface area (Å²) >= 11 is 0. The van der Waals surface area contributed by atoms with Crippen LogP contribution in [-0.2, 0) is 9.53 Å². The van der Waals surface area contributed by atoms with Crippen LogP contribution < -0.4 is 4.74 Å². The molecule has 0 aliphatic carbocycles. The van der Waals surface area contributed by atoms with Gasteiger partial charge in [0.25, 0.3) is 0 Å². The van der Waals surface area contributed by atoms with Crippen molar-refractivity contribution in [3.05, 3.63) is 59.9 Å². The second-order valence-electron chi connectivity index (χ2n) is 4.19. The zero-order chi connectivity index (χ0) is 15.1. The van der Waals surface area contributed by atoms with Gasteiger partial charge in [-0.15, -0.1) is 0 Å². The maximum absolute atomic E-state index is 11.6. The van der Waals surface area contributed by atoms with Gasteiger partial charge in [0.2, 0.25) is 5.78 Å². The van der Waals surface area contributed by atoms with Crippen molar-refractivity contribution in [2.45, 2.75) is 0 Å². The number of aromatic nitrogens is 1. The van der Waals surface area contributed by atoms with Gasteiger partial charge < -0.3 is 14.5 Å². The van der Waals surface area contributed by atoms with Crippen LogP contribution in [0.5, 0.6) is 5.75 Å².